The lowest BCUT2D eigenvalue weighted by Crippen LogP contribution is -2.27. The maximum atomic E-state index is 13.4. The standard InChI is InChI=1S/C26H25BrN4O3/c1-16(2)34-26(33)29-20-11-12-21(17(3)14-20)23-15-24(22-6-4-5-13-28-22)31(30-23)25(32)18-7-9-19(27)10-8-18/h4-14,16,24H,15H2,1-3H3,(H,29,33). The summed E-state index contributed by atoms with van der Waals surface area (Å²) in [6.07, 6.45) is 1.55. The number of hydrazone groups is 1. The number of anilines is 1. The largest absolute Gasteiger partial charge is 0.447 e. The monoisotopic (exact) mass is 520 g/mol. The molecular weight excluding hydrogens is 496 g/mol. The smallest absolute Gasteiger partial charge is 0.411 e. The van der Waals surface area contributed by atoms with Crippen LogP contribution in [0.3, 0.4) is 0 Å². The van der Waals surface area contributed by atoms with Gasteiger partial charge in [0.25, 0.3) is 5.91 Å². The van der Waals surface area contributed by atoms with Gasteiger partial charge >= 0.3 is 6.09 Å². The van der Waals surface area contributed by atoms with Gasteiger partial charge in [-0.3, -0.25) is 15.1 Å². The Balaban J connectivity index is 1.63. The minimum atomic E-state index is -0.498. The quantitative estimate of drug-likeness (QED) is 0.440. The molecule has 8 heteroatoms. The summed E-state index contributed by atoms with van der Waals surface area (Å²) in [7, 11) is 0. The lowest BCUT2D eigenvalue weighted by molar-refractivity contribution is 0.0708. The molecular formula is C26H25BrN4O3. The number of pyridine rings is 1. The summed E-state index contributed by atoms with van der Waals surface area (Å²) in [5.41, 5.74) is 4.59. The van der Waals surface area contributed by atoms with Crippen molar-refractivity contribution in [2.45, 2.75) is 39.3 Å². The highest BCUT2D eigenvalue weighted by molar-refractivity contribution is 9.10. The summed E-state index contributed by atoms with van der Waals surface area (Å²) in [6.45, 7) is 5.54. The van der Waals surface area contributed by atoms with Gasteiger partial charge < -0.3 is 4.74 Å². The molecule has 1 unspecified atom stereocenters. The van der Waals surface area contributed by atoms with Gasteiger partial charge in [0.15, 0.2) is 0 Å². The van der Waals surface area contributed by atoms with Crippen LogP contribution in [-0.4, -0.2) is 33.8 Å². The molecule has 1 aromatic heterocycles. The fourth-order valence-corrected chi connectivity index (χ4v) is 4.08. The van der Waals surface area contributed by atoms with Crippen LogP contribution in [0.1, 0.15) is 53.5 Å². The third-order valence-corrected chi connectivity index (χ3v) is 5.89. The number of amides is 2. The number of hydrogen-bond donors (Lipinski definition) is 1. The van der Waals surface area contributed by atoms with Crippen molar-refractivity contribution in [2.24, 2.45) is 5.10 Å². The van der Waals surface area contributed by atoms with Gasteiger partial charge in [0.2, 0.25) is 0 Å². The second-order valence-corrected chi connectivity index (χ2v) is 9.20. The number of benzene rings is 2. The number of hydrogen-bond acceptors (Lipinski definition) is 5. The number of aryl methyl sites for hydroxylation is 1. The fourth-order valence-electron chi connectivity index (χ4n) is 3.82. The SMILES string of the molecule is Cc1cc(NC(=O)OC(C)C)ccc1C1=NN(C(=O)c2ccc(Br)cc2)C(c2ccccn2)C1. The third kappa shape index (κ3) is 5.34. The van der Waals surface area contributed by atoms with Gasteiger partial charge in [-0.25, -0.2) is 9.80 Å². The van der Waals surface area contributed by atoms with Gasteiger partial charge in [-0.2, -0.15) is 5.10 Å². The molecule has 1 aliphatic heterocycles. The van der Waals surface area contributed by atoms with Crippen molar-refractivity contribution in [2.75, 3.05) is 5.32 Å². The number of rotatable bonds is 5. The van der Waals surface area contributed by atoms with Crippen LogP contribution in [0.2, 0.25) is 0 Å². The highest BCUT2D eigenvalue weighted by atomic mass is 79.9. The Kier molecular flexibility index (Phi) is 7.07. The summed E-state index contributed by atoms with van der Waals surface area (Å²) in [4.78, 5) is 29.8. The number of carbonyl (C=O) groups excluding carboxylic acids is 2. The van der Waals surface area contributed by atoms with Crippen molar-refractivity contribution in [1.29, 1.82) is 0 Å². The van der Waals surface area contributed by atoms with E-state index in [1.807, 2.05) is 49.4 Å². The zero-order valence-electron chi connectivity index (χ0n) is 19.2. The summed E-state index contributed by atoms with van der Waals surface area (Å²) in [5.74, 6) is -0.189. The van der Waals surface area contributed by atoms with Crippen molar-refractivity contribution in [3.63, 3.8) is 0 Å². The zero-order chi connectivity index (χ0) is 24.2. The van der Waals surface area contributed by atoms with Gasteiger partial charge in [-0.15, -0.1) is 0 Å². The lowest BCUT2D eigenvalue weighted by Gasteiger charge is -2.21. The van der Waals surface area contributed by atoms with Crippen LogP contribution < -0.4 is 5.32 Å². The molecule has 0 radical (unpaired) electrons. The first-order valence-corrected chi connectivity index (χ1v) is 11.8. The topological polar surface area (TPSA) is 83.9 Å². The number of nitrogens with one attached hydrogen (secondary N) is 1. The van der Waals surface area contributed by atoms with E-state index in [2.05, 4.69) is 26.2 Å². The summed E-state index contributed by atoms with van der Waals surface area (Å²) < 4.78 is 6.05. The van der Waals surface area contributed by atoms with Crippen molar-refractivity contribution in [1.82, 2.24) is 9.99 Å². The van der Waals surface area contributed by atoms with E-state index < -0.39 is 6.09 Å². The van der Waals surface area contributed by atoms with Crippen LogP contribution in [0, 0.1) is 6.92 Å². The molecule has 0 saturated carbocycles. The Labute approximate surface area is 207 Å². The number of nitrogens with zero attached hydrogens (tertiary/aromatic N) is 3. The molecule has 0 spiro atoms. The van der Waals surface area contributed by atoms with Crippen molar-refractivity contribution in [3.8, 4) is 0 Å². The maximum absolute atomic E-state index is 13.4. The molecule has 0 saturated heterocycles. The van der Waals surface area contributed by atoms with Gasteiger partial charge in [0.05, 0.1) is 17.5 Å². The van der Waals surface area contributed by atoms with Crippen molar-refractivity contribution in [3.05, 3.63) is 93.7 Å². The molecule has 4 rings (SSSR count). The van der Waals surface area contributed by atoms with E-state index in [1.165, 1.54) is 5.01 Å². The predicted molar refractivity (Wildman–Crippen MR) is 135 cm³/mol. The van der Waals surface area contributed by atoms with Gasteiger partial charge in [-0.05, 0) is 74.9 Å². The number of aromatic nitrogens is 1. The normalized spacial score (nSPS) is 15.3. The number of carbonyl (C=O) groups is 2. The van der Waals surface area contributed by atoms with Crippen LogP contribution in [0.15, 0.2) is 76.4 Å². The Morgan fingerprint density at radius 1 is 1.12 bits per heavy atom. The molecule has 3 aromatic rings. The van der Waals surface area contributed by atoms with Crippen molar-refractivity contribution < 1.29 is 14.3 Å². The highest BCUT2D eigenvalue weighted by Gasteiger charge is 2.34. The zero-order valence-corrected chi connectivity index (χ0v) is 20.7. The fraction of sp³-hybridized carbons (Fsp3) is 0.231. The Bertz CT molecular complexity index is 1230. The number of halogens is 1. The van der Waals surface area contributed by atoms with E-state index >= 15 is 0 Å². The van der Waals surface area contributed by atoms with Crippen LogP contribution in [-0.2, 0) is 4.74 Å². The molecule has 34 heavy (non-hydrogen) atoms. The average Bonchev–Trinajstić information content (AvgIpc) is 3.24. The van der Waals surface area contributed by atoms with E-state index in [4.69, 9.17) is 9.84 Å². The van der Waals surface area contributed by atoms with Crippen molar-refractivity contribution >= 4 is 39.3 Å². The molecule has 7 nitrogen and oxygen atoms in total. The first kappa shape index (κ1) is 23.6. The molecule has 1 N–H and O–H groups in total. The van der Waals surface area contributed by atoms with E-state index in [9.17, 15) is 9.59 Å². The third-order valence-electron chi connectivity index (χ3n) is 5.37. The summed E-state index contributed by atoms with van der Waals surface area (Å²) >= 11 is 3.41. The molecule has 2 aromatic carbocycles. The predicted octanol–water partition coefficient (Wildman–Crippen LogP) is 6.10. The van der Waals surface area contributed by atoms with Gasteiger partial charge in [-0.1, -0.05) is 28.1 Å². The molecule has 1 atom stereocenters. The minimum Gasteiger partial charge on any atom is -0.447 e. The summed E-state index contributed by atoms with van der Waals surface area (Å²) in [6, 6.07) is 18.2. The van der Waals surface area contributed by atoms with E-state index in [0.717, 1.165) is 27.0 Å². The lowest BCUT2D eigenvalue weighted by atomic mass is 9.97. The Morgan fingerprint density at radius 2 is 1.88 bits per heavy atom. The Morgan fingerprint density at radius 3 is 2.53 bits per heavy atom. The van der Waals surface area contributed by atoms with Gasteiger partial charge in [0, 0.05) is 33.9 Å². The molecule has 1 aliphatic rings. The molecule has 2 amide bonds. The van der Waals surface area contributed by atoms with Crippen LogP contribution in [0.4, 0.5) is 10.5 Å². The first-order valence-electron chi connectivity index (χ1n) is 11.0. The van der Waals surface area contributed by atoms with Gasteiger partial charge in [0.1, 0.15) is 6.04 Å². The summed E-state index contributed by atoms with van der Waals surface area (Å²) in [5, 5.41) is 9.00. The minimum absolute atomic E-state index is 0.189. The van der Waals surface area contributed by atoms with Crippen LogP contribution >= 0.6 is 15.9 Å². The molecule has 0 aliphatic carbocycles. The van der Waals surface area contributed by atoms with Crippen LogP contribution in [0.5, 0.6) is 0 Å². The van der Waals surface area contributed by atoms with E-state index in [1.54, 1.807) is 38.2 Å². The second kappa shape index (κ2) is 10.2. The first-order chi connectivity index (χ1) is 16.3. The average molecular weight is 521 g/mol. The molecule has 2 heterocycles. The van der Waals surface area contributed by atoms with Crippen LogP contribution in [0.25, 0.3) is 0 Å². The molecule has 0 fully saturated rings. The molecule has 0 bridgehead atoms. The maximum Gasteiger partial charge on any atom is 0.411 e. The van der Waals surface area contributed by atoms with E-state index in [-0.39, 0.29) is 18.1 Å². The second-order valence-electron chi connectivity index (χ2n) is 8.29. The molecule has 174 valence electrons. The highest BCUT2D eigenvalue weighted by Crippen LogP contribution is 2.34. The number of ether oxygens (including phenoxy) is 1. The van der Waals surface area contributed by atoms with E-state index in [0.29, 0.717) is 17.7 Å². The Hall–Kier alpha value is -3.52.